The Morgan fingerprint density at radius 3 is 2.32 bits per heavy atom. The second-order valence-corrected chi connectivity index (χ2v) is 5.47. The van der Waals surface area contributed by atoms with Crippen LogP contribution in [-0.2, 0) is 6.42 Å². The fourth-order valence-corrected chi connectivity index (χ4v) is 2.38. The molecule has 0 aliphatic heterocycles. The Kier molecular flexibility index (Phi) is 4.61. The van der Waals surface area contributed by atoms with Gasteiger partial charge in [-0.2, -0.15) is 0 Å². The van der Waals surface area contributed by atoms with Crippen molar-refractivity contribution < 1.29 is 14.1 Å². The lowest BCUT2D eigenvalue weighted by Gasteiger charge is -2.04. The molecule has 0 fully saturated rings. The maximum absolute atomic E-state index is 12.3. The molecule has 6 heteroatoms. The Labute approximate surface area is 144 Å². The number of non-ortho nitro benzene ring substituents is 1. The first kappa shape index (κ1) is 16.4. The highest BCUT2D eigenvalue weighted by molar-refractivity contribution is 6.02. The molecule has 0 bridgehead atoms. The molecule has 1 amide bonds. The number of benzene rings is 2. The molecule has 3 aromatic rings. The number of nitrogens with one attached hydrogen (secondary N) is 1. The highest BCUT2D eigenvalue weighted by Crippen LogP contribution is 2.25. The van der Waals surface area contributed by atoms with Crippen molar-refractivity contribution >= 4 is 17.3 Å². The molecule has 0 aliphatic carbocycles. The Bertz CT molecular complexity index is 896. The molecule has 126 valence electrons. The second kappa shape index (κ2) is 7.00. The molecule has 0 saturated heterocycles. The number of carbonyl (C=O) groups is 1. The van der Waals surface area contributed by atoms with E-state index in [1.54, 1.807) is 24.3 Å². The summed E-state index contributed by atoms with van der Waals surface area (Å²) in [7, 11) is 0. The van der Waals surface area contributed by atoms with Gasteiger partial charge in [-0.25, -0.2) is 0 Å². The van der Waals surface area contributed by atoms with E-state index in [0.29, 0.717) is 17.0 Å². The Morgan fingerprint density at radius 1 is 1.04 bits per heavy atom. The standard InChI is InChI=1S/C19H16N2O4/c1-2-13-3-7-15(8-4-13)20-19(22)18-12-11-17(25-18)14-5-9-16(10-6-14)21(23)24/h3-12H,2H2,1H3,(H,20,22). The number of hydrogen-bond acceptors (Lipinski definition) is 4. The van der Waals surface area contributed by atoms with Crippen molar-refractivity contribution in [2.24, 2.45) is 0 Å². The van der Waals surface area contributed by atoms with Crippen LogP contribution in [0.25, 0.3) is 11.3 Å². The largest absolute Gasteiger partial charge is 0.451 e. The summed E-state index contributed by atoms with van der Waals surface area (Å²) in [4.78, 5) is 22.5. The SMILES string of the molecule is CCc1ccc(NC(=O)c2ccc(-c3ccc([N+](=O)[O-])cc3)o2)cc1. The van der Waals surface area contributed by atoms with Crippen LogP contribution in [0.15, 0.2) is 65.1 Å². The number of amides is 1. The van der Waals surface area contributed by atoms with Crippen LogP contribution < -0.4 is 5.32 Å². The van der Waals surface area contributed by atoms with Crippen molar-refractivity contribution in [2.75, 3.05) is 5.32 Å². The lowest BCUT2D eigenvalue weighted by atomic mass is 10.1. The van der Waals surface area contributed by atoms with Crippen LogP contribution in [0.1, 0.15) is 23.0 Å². The van der Waals surface area contributed by atoms with Crippen LogP contribution >= 0.6 is 0 Å². The average Bonchev–Trinajstić information content (AvgIpc) is 3.13. The van der Waals surface area contributed by atoms with Crippen LogP contribution in [0, 0.1) is 10.1 Å². The fourth-order valence-electron chi connectivity index (χ4n) is 2.38. The monoisotopic (exact) mass is 336 g/mol. The van der Waals surface area contributed by atoms with Gasteiger partial charge in [0.05, 0.1) is 4.92 Å². The van der Waals surface area contributed by atoms with Crippen LogP contribution in [0.3, 0.4) is 0 Å². The third kappa shape index (κ3) is 3.74. The van der Waals surface area contributed by atoms with Crippen LogP contribution in [0.5, 0.6) is 0 Å². The number of nitrogens with zero attached hydrogens (tertiary/aromatic N) is 1. The zero-order valence-corrected chi connectivity index (χ0v) is 13.6. The lowest BCUT2D eigenvalue weighted by molar-refractivity contribution is -0.384. The number of carbonyl (C=O) groups excluding carboxylic acids is 1. The van der Waals surface area contributed by atoms with Gasteiger partial charge in [-0.05, 0) is 48.4 Å². The average molecular weight is 336 g/mol. The van der Waals surface area contributed by atoms with Crippen molar-refractivity contribution in [1.82, 2.24) is 0 Å². The molecule has 1 aromatic heterocycles. The Balaban J connectivity index is 1.73. The normalized spacial score (nSPS) is 10.4. The molecule has 1 heterocycles. The van der Waals surface area contributed by atoms with E-state index in [4.69, 9.17) is 4.42 Å². The third-order valence-corrected chi connectivity index (χ3v) is 3.81. The fraction of sp³-hybridized carbons (Fsp3) is 0.105. The highest BCUT2D eigenvalue weighted by Gasteiger charge is 2.13. The minimum atomic E-state index is -0.464. The van der Waals surface area contributed by atoms with Crippen LogP contribution in [0.4, 0.5) is 11.4 Å². The minimum Gasteiger partial charge on any atom is -0.451 e. The summed E-state index contributed by atoms with van der Waals surface area (Å²) >= 11 is 0. The molecule has 0 saturated carbocycles. The zero-order chi connectivity index (χ0) is 17.8. The van der Waals surface area contributed by atoms with Crippen LogP contribution in [-0.4, -0.2) is 10.8 Å². The zero-order valence-electron chi connectivity index (χ0n) is 13.6. The smallest absolute Gasteiger partial charge is 0.291 e. The molecule has 0 atom stereocenters. The maximum atomic E-state index is 12.3. The molecular formula is C19H16N2O4. The molecule has 3 rings (SSSR count). The molecule has 6 nitrogen and oxygen atoms in total. The van der Waals surface area contributed by atoms with E-state index in [9.17, 15) is 14.9 Å². The number of rotatable bonds is 5. The summed E-state index contributed by atoms with van der Waals surface area (Å²) in [5.41, 5.74) is 2.55. The van der Waals surface area contributed by atoms with Crippen molar-refractivity contribution in [3.05, 3.63) is 82.1 Å². The lowest BCUT2D eigenvalue weighted by Crippen LogP contribution is -2.10. The van der Waals surface area contributed by atoms with E-state index in [-0.39, 0.29) is 17.4 Å². The molecule has 0 aliphatic rings. The number of nitro benzene ring substituents is 1. The Hall–Kier alpha value is -3.41. The predicted octanol–water partition coefficient (Wildman–Crippen LogP) is 4.67. The first-order valence-electron chi connectivity index (χ1n) is 7.82. The highest BCUT2D eigenvalue weighted by atomic mass is 16.6. The van der Waals surface area contributed by atoms with E-state index in [0.717, 1.165) is 6.42 Å². The number of aryl methyl sites for hydroxylation is 1. The summed E-state index contributed by atoms with van der Waals surface area (Å²) in [5.74, 6) is 0.298. The quantitative estimate of drug-likeness (QED) is 0.542. The van der Waals surface area contributed by atoms with Gasteiger partial charge in [-0.3, -0.25) is 14.9 Å². The van der Waals surface area contributed by atoms with Gasteiger partial charge in [0.2, 0.25) is 0 Å². The summed E-state index contributed by atoms with van der Waals surface area (Å²) in [6.07, 6.45) is 0.936. The minimum absolute atomic E-state index is 0.00352. The number of anilines is 1. The van der Waals surface area contributed by atoms with E-state index in [1.807, 2.05) is 24.3 Å². The van der Waals surface area contributed by atoms with Crippen LogP contribution in [0.2, 0.25) is 0 Å². The number of hydrogen-bond donors (Lipinski definition) is 1. The predicted molar refractivity (Wildman–Crippen MR) is 94.6 cm³/mol. The molecular weight excluding hydrogens is 320 g/mol. The molecule has 2 aromatic carbocycles. The summed E-state index contributed by atoms with van der Waals surface area (Å²) < 4.78 is 5.57. The first-order chi connectivity index (χ1) is 12.1. The Morgan fingerprint density at radius 2 is 1.72 bits per heavy atom. The topological polar surface area (TPSA) is 85.4 Å². The summed E-state index contributed by atoms with van der Waals surface area (Å²) in [6.45, 7) is 2.07. The summed E-state index contributed by atoms with van der Waals surface area (Å²) in [6, 6.07) is 16.8. The number of furan rings is 1. The number of nitro groups is 1. The van der Waals surface area contributed by atoms with Gasteiger partial charge in [0.1, 0.15) is 5.76 Å². The van der Waals surface area contributed by atoms with Crippen molar-refractivity contribution in [2.45, 2.75) is 13.3 Å². The van der Waals surface area contributed by atoms with Gasteiger partial charge in [0, 0.05) is 23.4 Å². The first-order valence-corrected chi connectivity index (χ1v) is 7.82. The van der Waals surface area contributed by atoms with Crippen molar-refractivity contribution in [1.29, 1.82) is 0 Å². The van der Waals surface area contributed by atoms with Crippen molar-refractivity contribution in [3.63, 3.8) is 0 Å². The van der Waals surface area contributed by atoms with Gasteiger partial charge >= 0.3 is 0 Å². The molecule has 0 spiro atoms. The molecule has 0 radical (unpaired) electrons. The van der Waals surface area contributed by atoms with Gasteiger partial charge in [-0.1, -0.05) is 19.1 Å². The van der Waals surface area contributed by atoms with Gasteiger partial charge in [0.25, 0.3) is 11.6 Å². The van der Waals surface area contributed by atoms with Gasteiger partial charge in [-0.15, -0.1) is 0 Å². The van der Waals surface area contributed by atoms with E-state index < -0.39 is 4.92 Å². The second-order valence-electron chi connectivity index (χ2n) is 5.47. The van der Waals surface area contributed by atoms with Gasteiger partial charge < -0.3 is 9.73 Å². The molecule has 1 N–H and O–H groups in total. The summed E-state index contributed by atoms with van der Waals surface area (Å²) in [5, 5.41) is 13.5. The van der Waals surface area contributed by atoms with Gasteiger partial charge in [0.15, 0.2) is 5.76 Å². The third-order valence-electron chi connectivity index (χ3n) is 3.81. The van der Waals surface area contributed by atoms with E-state index in [1.165, 1.54) is 17.7 Å². The van der Waals surface area contributed by atoms with E-state index in [2.05, 4.69) is 12.2 Å². The van der Waals surface area contributed by atoms with E-state index >= 15 is 0 Å². The molecule has 0 unspecified atom stereocenters. The maximum Gasteiger partial charge on any atom is 0.291 e. The molecule has 25 heavy (non-hydrogen) atoms. The van der Waals surface area contributed by atoms with Crippen molar-refractivity contribution in [3.8, 4) is 11.3 Å².